The number of esters is 1. The largest absolute Gasteiger partial charge is 0.433 e. The van der Waals surface area contributed by atoms with E-state index in [0.29, 0.717) is 6.42 Å². The van der Waals surface area contributed by atoms with E-state index in [9.17, 15) is 4.79 Å². The normalized spacial score (nSPS) is 9.90. The Bertz CT molecular complexity index is 130. The van der Waals surface area contributed by atoms with Gasteiger partial charge in [0.25, 0.3) is 0 Å². The summed E-state index contributed by atoms with van der Waals surface area (Å²) in [6, 6.07) is 0. The lowest BCUT2D eigenvalue weighted by Gasteiger charge is -2.02. The maximum Gasteiger partial charge on any atom is 0.310 e. The Kier molecular flexibility index (Phi) is 4.37. The second kappa shape index (κ2) is 4.85. The highest BCUT2D eigenvalue weighted by Crippen LogP contribution is 1.85. The first-order chi connectivity index (χ1) is 4.66. The van der Waals surface area contributed by atoms with E-state index in [2.05, 4.69) is 4.74 Å². The van der Waals surface area contributed by atoms with Crippen LogP contribution in [0.25, 0.3) is 0 Å². The van der Waals surface area contributed by atoms with E-state index < -0.39 is 0 Å². The molecule has 3 heteroatoms. The number of carbonyl (C=O) groups excluding carboxylic acids is 1. The van der Waals surface area contributed by atoms with Crippen LogP contribution in [-0.4, -0.2) is 25.0 Å². The summed E-state index contributed by atoms with van der Waals surface area (Å²) in [5.41, 5.74) is 0. The maximum atomic E-state index is 10.5. The van der Waals surface area contributed by atoms with Gasteiger partial charge in [-0.05, 0) is 0 Å². The lowest BCUT2D eigenvalue weighted by atomic mass is 10.5. The SMILES string of the molecule is CCC(=O)OC=CN(C)C. The Morgan fingerprint density at radius 2 is 2.20 bits per heavy atom. The molecule has 58 valence electrons. The number of rotatable bonds is 3. The molecule has 0 bridgehead atoms. The van der Waals surface area contributed by atoms with Crippen LogP contribution >= 0.6 is 0 Å². The molecule has 0 aromatic heterocycles. The van der Waals surface area contributed by atoms with Gasteiger partial charge in [-0.3, -0.25) is 4.79 Å². The van der Waals surface area contributed by atoms with E-state index in [4.69, 9.17) is 0 Å². The molecule has 0 rings (SSSR count). The molecule has 0 aliphatic rings. The first-order valence-electron chi connectivity index (χ1n) is 3.19. The van der Waals surface area contributed by atoms with Crippen molar-refractivity contribution in [1.82, 2.24) is 4.90 Å². The van der Waals surface area contributed by atoms with Crippen molar-refractivity contribution >= 4 is 5.97 Å². The number of carbonyl (C=O) groups is 1. The molecule has 10 heavy (non-hydrogen) atoms. The fraction of sp³-hybridized carbons (Fsp3) is 0.571. The molecule has 0 spiro atoms. The summed E-state index contributed by atoms with van der Waals surface area (Å²) in [6.07, 6.45) is 3.47. The minimum absolute atomic E-state index is 0.210. The molecule has 0 fully saturated rings. The van der Waals surface area contributed by atoms with Gasteiger partial charge in [-0.2, -0.15) is 0 Å². The Morgan fingerprint density at radius 3 is 2.60 bits per heavy atom. The van der Waals surface area contributed by atoms with Gasteiger partial charge in [0.1, 0.15) is 6.26 Å². The van der Waals surface area contributed by atoms with Gasteiger partial charge < -0.3 is 9.64 Å². The molecular weight excluding hydrogens is 130 g/mol. The second-order valence-electron chi connectivity index (χ2n) is 2.09. The summed E-state index contributed by atoms with van der Waals surface area (Å²) in [5, 5.41) is 0. The lowest BCUT2D eigenvalue weighted by molar-refractivity contribution is -0.137. The number of ether oxygens (including phenoxy) is 1. The number of hydrogen-bond acceptors (Lipinski definition) is 3. The fourth-order valence-electron chi connectivity index (χ4n) is 0.311. The van der Waals surface area contributed by atoms with Crippen LogP contribution in [0.5, 0.6) is 0 Å². The van der Waals surface area contributed by atoms with Gasteiger partial charge in [0.05, 0.1) is 0 Å². The smallest absolute Gasteiger partial charge is 0.310 e. The monoisotopic (exact) mass is 143 g/mol. The van der Waals surface area contributed by atoms with Crippen LogP contribution in [0, 0.1) is 0 Å². The summed E-state index contributed by atoms with van der Waals surface area (Å²) < 4.78 is 4.64. The van der Waals surface area contributed by atoms with E-state index in [0.717, 1.165) is 0 Å². The van der Waals surface area contributed by atoms with Crippen molar-refractivity contribution in [2.24, 2.45) is 0 Å². The van der Waals surface area contributed by atoms with Gasteiger partial charge in [-0.15, -0.1) is 0 Å². The predicted octanol–water partition coefficient (Wildman–Crippen LogP) is 0.972. The van der Waals surface area contributed by atoms with E-state index in [1.165, 1.54) is 6.26 Å². The lowest BCUT2D eigenvalue weighted by Crippen LogP contribution is -2.02. The first-order valence-corrected chi connectivity index (χ1v) is 3.19. The molecule has 0 aromatic carbocycles. The standard InChI is InChI=1S/C7H13NO2/c1-4-7(9)10-6-5-8(2)3/h5-6H,4H2,1-3H3. The number of nitrogens with zero attached hydrogens (tertiary/aromatic N) is 1. The molecule has 0 aromatic rings. The molecule has 0 aliphatic carbocycles. The maximum absolute atomic E-state index is 10.5. The van der Waals surface area contributed by atoms with Crippen LogP contribution in [0.15, 0.2) is 12.5 Å². The van der Waals surface area contributed by atoms with Crippen LogP contribution in [0.4, 0.5) is 0 Å². The third-order valence-corrected chi connectivity index (χ3v) is 0.847. The van der Waals surface area contributed by atoms with Gasteiger partial charge in [-0.1, -0.05) is 6.92 Å². The van der Waals surface area contributed by atoms with E-state index >= 15 is 0 Å². The Labute approximate surface area is 61.3 Å². The fourth-order valence-corrected chi connectivity index (χ4v) is 0.311. The molecule has 0 amide bonds. The molecule has 0 aliphatic heterocycles. The van der Waals surface area contributed by atoms with Crippen molar-refractivity contribution < 1.29 is 9.53 Å². The van der Waals surface area contributed by atoms with Crippen LogP contribution in [0.1, 0.15) is 13.3 Å². The van der Waals surface area contributed by atoms with Crippen LogP contribution in [0.2, 0.25) is 0 Å². The van der Waals surface area contributed by atoms with Crippen molar-refractivity contribution in [2.45, 2.75) is 13.3 Å². The third-order valence-electron chi connectivity index (χ3n) is 0.847. The van der Waals surface area contributed by atoms with Crippen molar-refractivity contribution in [3.05, 3.63) is 12.5 Å². The molecule has 0 saturated heterocycles. The Balaban J connectivity index is 3.43. The molecule has 0 atom stereocenters. The van der Waals surface area contributed by atoms with E-state index in [1.807, 2.05) is 14.1 Å². The quantitative estimate of drug-likeness (QED) is 0.435. The van der Waals surface area contributed by atoms with Gasteiger partial charge in [0.2, 0.25) is 0 Å². The van der Waals surface area contributed by atoms with E-state index in [1.54, 1.807) is 18.0 Å². The third kappa shape index (κ3) is 5.15. The molecule has 0 heterocycles. The molecule has 3 nitrogen and oxygen atoms in total. The summed E-state index contributed by atoms with van der Waals surface area (Å²) in [6.45, 7) is 1.76. The average Bonchev–Trinajstić information content (AvgIpc) is 1.87. The highest BCUT2D eigenvalue weighted by Gasteiger charge is 1.91. The Morgan fingerprint density at radius 1 is 1.60 bits per heavy atom. The highest BCUT2D eigenvalue weighted by molar-refractivity contribution is 5.69. The van der Waals surface area contributed by atoms with Crippen molar-refractivity contribution in [1.29, 1.82) is 0 Å². The van der Waals surface area contributed by atoms with Crippen LogP contribution < -0.4 is 0 Å². The van der Waals surface area contributed by atoms with Gasteiger partial charge in [0, 0.05) is 26.7 Å². The second-order valence-corrected chi connectivity index (χ2v) is 2.09. The number of hydrogen-bond donors (Lipinski definition) is 0. The van der Waals surface area contributed by atoms with Crippen molar-refractivity contribution in [3.63, 3.8) is 0 Å². The zero-order valence-electron chi connectivity index (χ0n) is 6.63. The zero-order valence-corrected chi connectivity index (χ0v) is 6.63. The predicted molar refractivity (Wildman–Crippen MR) is 39.2 cm³/mol. The molecular formula is C7H13NO2. The molecule has 0 radical (unpaired) electrons. The first kappa shape index (κ1) is 9.01. The topological polar surface area (TPSA) is 29.5 Å². The van der Waals surface area contributed by atoms with Gasteiger partial charge in [0.15, 0.2) is 0 Å². The molecule has 0 unspecified atom stereocenters. The van der Waals surface area contributed by atoms with Crippen molar-refractivity contribution in [2.75, 3.05) is 14.1 Å². The summed E-state index contributed by atoms with van der Waals surface area (Å²) >= 11 is 0. The molecule has 0 N–H and O–H groups in total. The van der Waals surface area contributed by atoms with Crippen LogP contribution in [-0.2, 0) is 9.53 Å². The Hall–Kier alpha value is -0.990. The van der Waals surface area contributed by atoms with E-state index in [-0.39, 0.29) is 5.97 Å². The minimum Gasteiger partial charge on any atom is -0.433 e. The van der Waals surface area contributed by atoms with Crippen molar-refractivity contribution in [3.8, 4) is 0 Å². The average molecular weight is 143 g/mol. The van der Waals surface area contributed by atoms with Gasteiger partial charge in [-0.25, -0.2) is 0 Å². The minimum atomic E-state index is -0.210. The van der Waals surface area contributed by atoms with Gasteiger partial charge >= 0.3 is 5.97 Å². The summed E-state index contributed by atoms with van der Waals surface area (Å²) in [5.74, 6) is -0.210. The highest BCUT2D eigenvalue weighted by atomic mass is 16.5. The van der Waals surface area contributed by atoms with Crippen LogP contribution in [0.3, 0.4) is 0 Å². The summed E-state index contributed by atoms with van der Waals surface area (Å²) in [4.78, 5) is 12.3. The zero-order chi connectivity index (χ0) is 7.98. The molecule has 0 saturated carbocycles. The summed E-state index contributed by atoms with van der Waals surface area (Å²) in [7, 11) is 3.71.